The summed E-state index contributed by atoms with van der Waals surface area (Å²) >= 11 is 0. The molecule has 0 unspecified atom stereocenters. The van der Waals surface area contributed by atoms with Gasteiger partial charge in [0.2, 0.25) is 0 Å². The van der Waals surface area contributed by atoms with Crippen LogP contribution in [0.25, 0.3) is 0 Å². The zero-order chi connectivity index (χ0) is 19.7. The Hall–Kier alpha value is -3.02. The SMILES string of the molecule is Cc1ccc(NC(=O)N(Cc2ccco2)Cc2nn(C)c3c2CCC3)cc1C. The number of hydrogen-bond donors (Lipinski definition) is 1. The largest absolute Gasteiger partial charge is 0.467 e. The molecule has 146 valence electrons. The number of aryl methyl sites for hydroxylation is 3. The van der Waals surface area contributed by atoms with E-state index in [0.29, 0.717) is 13.1 Å². The van der Waals surface area contributed by atoms with Crippen LogP contribution in [0.3, 0.4) is 0 Å². The van der Waals surface area contributed by atoms with Crippen LogP contribution >= 0.6 is 0 Å². The van der Waals surface area contributed by atoms with Gasteiger partial charge in [-0.1, -0.05) is 6.07 Å². The molecule has 0 atom stereocenters. The summed E-state index contributed by atoms with van der Waals surface area (Å²) in [5.41, 5.74) is 6.72. The molecule has 1 N–H and O–H groups in total. The predicted octanol–water partition coefficient (Wildman–Crippen LogP) is 4.35. The van der Waals surface area contributed by atoms with Crippen LogP contribution in [0.4, 0.5) is 10.5 Å². The van der Waals surface area contributed by atoms with E-state index in [4.69, 9.17) is 4.42 Å². The molecule has 2 amide bonds. The summed E-state index contributed by atoms with van der Waals surface area (Å²) in [6.45, 7) is 4.96. The van der Waals surface area contributed by atoms with E-state index in [0.717, 1.165) is 42.0 Å². The summed E-state index contributed by atoms with van der Waals surface area (Å²) in [7, 11) is 1.99. The lowest BCUT2D eigenvalue weighted by molar-refractivity contribution is 0.200. The molecule has 2 heterocycles. The van der Waals surface area contributed by atoms with Crippen LogP contribution in [0, 0.1) is 13.8 Å². The summed E-state index contributed by atoms with van der Waals surface area (Å²) < 4.78 is 7.45. The molecule has 0 radical (unpaired) electrons. The minimum atomic E-state index is -0.156. The normalized spacial score (nSPS) is 12.8. The molecule has 1 aromatic carbocycles. The van der Waals surface area contributed by atoms with Crippen molar-refractivity contribution in [1.82, 2.24) is 14.7 Å². The van der Waals surface area contributed by atoms with Crippen LogP contribution in [0.5, 0.6) is 0 Å². The molecular weight excluding hydrogens is 352 g/mol. The number of aromatic nitrogens is 2. The Morgan fingerprint density at radius 2 is 2.07 bits per heavy atom. The number of fused-ring (bicyclic) bond motifs is 1. The van der Waals surface area contributed by atoms with Crippen LogP contribution in [0.15, 0.2) is 41.0 Å². The van der Waals surface area contributed by atoms with E-state index in [1.807, 2.05) is 49.0 Å². The number of rotatable bonds is 5. The van der Waals surface area contributed by atoms with E-state index in [-0.39, 0.29) is 6.03 Å². The van der Waals surface area contributed by atoms with Gasteiger partial charge in [-0.25, -0.2) is 4.79 Å². The Morgan fingerprint density at radius 1 is 1.21 bits per heavy atom. The van der Waals surface area contributed by atoms with Crippen molar-refractivity contribution in [3.05, 3.63) is 70.4 Å². The van der Waals surface area contributed by atoms with Gasteiger partial charge < -0.3 is 14.6 Å². The molecule has 1 aliphatic carbocycles. The molecule has 0 aliphatic heterocycles. The highest BCUT2D eigenvalue weighted by Gasteiger charge is 2.24. The van der Waals surface area contributed by atoms with Gasteiger partial charge in [0, 0.05) is 18.4 Å². The lowest BCUT2D eigenvalue weighted by Crippen LogP contribution is -2.34. The molecule has 3 aromatic rings. The first-order valence-corrected chi connectivity index (χ1v) is 9.70. The van der Waals surface area contributed by atoms with Gasteiger partial charge in [-0.3, -0.25) is 4.68 Å². The van der Waals surface area contributed by atoms with Crippen molar-refractivity contribution in [2.24, 2.45) is 7.05 Å². The van der Waals surface area contributed by atoms with E-state index in [1.165, 1.54) is 16.8 Å². The Bertz CT molecular complexity index is 988. The number of furan rings is 1. The Morgan fingerprint density at radius 3 is 2.82 bits per heavy atom. The van der Waals surface area contributed by atoms with Gasteiger partial charge in [0.1, 0.15) is 5.76 Å². The minimum Gasteiger partial charge on any atom is -0.467 e. The van der Waals surface area contributed by atoms with Crippen LogP contribution in [-0.4, -0.2) is 20.7 Å². The van der Waals surface area contributed by atoms with E-state index in [1.54, 1.807) is 11.2 Å². The van der Waals surface area contributed by atoms with Crippen LogP contribution in [0.2, 0.25) is 0 Å². The second-order valence-electron chi connectivity index (χ2n) is 7.51. The standard InChI is InChI=1S/C22H26N4O2/c1-15-9-10-17(12-16(15)2)23-22(27)26(13-18-6-5-11-28-18)14-20-19-7-4-8-21(19)25(3)24-20/h5-6,9-12H,4,7-8,13-14H2,1-3H3,(H,23,27). The van der Waals surface area contributed by atoms with Crippen molar-refractivity contribution in [3.8, 4) is 0 Å². The van der Waals surface area contributed by atoms with Crippen LogP contribution in [0.1, 0.15) is 40.3 Å². The first-order chi connectivity index (χ1) is 13.5. The molecule has 0 saturated heterocycles. The monoisotopic (exact) mass is 378 g/mol. The smallest absolute Gasteiger partial charge is 0.322 e. The number of benzene rings is 1. The Labute approximate surface area is 165 Å². The zero-order valence-corrected chi connectivity index (χ0v) is 16.7. The lowest BCUT2D eigenvalue weighted by Gasteiger charge is -2.22. The summed E-state index contributed by atoms with van der Waals surface area (Å²) in [5.74, 6) is 0.753. The topological polar surface area (TPSA) is 63.3 Å². The number of carbonyl (C=O) groups excluding carboxylic acids is 1. The molecule has 0 spiro atoms. The second-order valence-corrected chi connectivity index (χ2v) is 7.51. The van der Waals surface area contributed by atoms with Gasteiger partial charge in [-0.15, -0.1) is 0 Å². The number of nitrogens with one attached hydrogen (secondary N) is 1. The maximum atomic E-state index is 13.1. The van der Waals surface area contributed by atoms with Gasteiger partial charge >= 0.3 is 6.03 Å². The average molecular weight is 378 g/mol. The first-order valence-electron chi connectivity index (χ1n) is 9.70. The van der Waals surface area contributed by atoms with Crippen molar-refractivity contribution in [2.45, 2.75) is 46.2 Å². The molecule has 0 saturated carbocycles. The molecule has 0 fully saturated rings. The van der Waals surface area contributed by atoms with Crippen molar-refractivity contribution in [3.63, 3.8) is 0 Å². The Kier molecular flexibility index (Phi) is 4.94. The summed E-state index contributed by atoms with van der Waals surface area (Å²) in [5, 5.41) is 7.71. The predicted molar refractivity (Wildman–Crippen MR) is 108 cm³/mol. The summed E-state index contributed by atoms with van der Waals surface area (Å²) in [6.07, 6.45) is 4.88. The van der Waals surface area contributed by atoms with Crippen LogP contribution in [-0.2, 0) is 33.0 Å². The molecule has 4 rings (SSSR count). The van der Waals surface area contributed by atoms with Crippen molar-refractivity contribution >= 4 is 11.7 Å². The fourth-order valence-corrected chi connectivity index (χ4v) is 3.82. The molecule has 6 heteroatoms. The number of carbonyl (C=O) groups is 1. The van der Waals surface area contributed by atoms with Gasteiger partial charge in [0.15, 0.2) is 0 Å². The van der Waals surface area contributed by atoms with Gasteiger partial charge in [-0.2, -0.15) is 5.10 Å². The van der Waals surface area contributed by atoms with E-state index in [9.17, 15) is 4.79 Å². The number of anilines is 1. The maximum absolute atomic E-state index is 13.1. The highest BCUT2D eigenvalue weighted by Crippen LogP contribution is 2.26. The molecule has 1 aliphatic rings. The molecule has 28 heavy (non-hydrogen) atoms. The summed E-state index contributed by atoms with van der Waals surface area (Å²) in [6, 6.07) is 9.53. The number of urea groups is 1. The summed E-state index contributed by atoms with van der Waals surface area (Å²) in [4.78, 5) is 14.8. The van der Waals surface area contributed by atoms with Crippen molar-refractivity contribution in [2.75, 3.05) is 5.32 Å². The molecular formula is C22H26N4O2. The highest BCUT2D eigenvalue weighted by molar-refractivity contribution is 5.89. The quantitative estimate of drug-likeness (QED) is 0.718. The van der Waals surface area contributed by atoms with Gasteiger partial charge in [-0.05, 0) is 74.1 Å². The maximum Gasteiger partial charge on any atom is 0.322 e. The van der Waals surface area contributed by atoms with Crippen molar-refractivity contribution < 1.29 is 9.21 Å². The van der Waals surface area contributed by atoms with E-state index >= 15 is 0 Å². The number of amides is 2. The molecule has 2 aromatic heterocycles. The van der Waals surface area contributed by atoms with E-state index < -0.39 is 0 Å². The number of hydrogen-bond acceptors (Lipinski definition) is 3. The molecule has 6 nitrogen and oxygen atoms in total. The third kappa shape index (κ3) is 3.67. The fraction of sp³-hybridized carbons (Fsp3) is 0.364. The average Bonchev–Trinajstić information content (AvgIpc) is 3.39. The fourth-order valence-electron chi connectivity index (χ4n) is 3.82. The highest BCUT2D eigenvalue weighted by atomic mass is 16.3. The van der Waals surface area contributed by atoms with Crippen LogP contribution < -0.4 is 5.32 Å². The molecule has 0 bridgehead atoms. The van der Waals surface area contributed by atoms with Gasteiger partial charge in [0.25, 0.3) is 0 Å². The minimum absolute atomic E-state index is 0.156. The third-order valence-corrected chi connectivity index (χ3v) is 5.51. The zero-order valence-electron chi connectivity index (χ0n) is 16.7. The number of nitrogens with zero attached hydrogens (tertiary/aromatic N) is 3. The third-order valence-electron chi connectivity index (χ3n) is 5.51. The first kappa shape index (κ1) is 18.3. The van der Waals surface area contributed by atoms with E-state index in [2.05, 4.69) is 17.3 Å². The lowest BCUT2D eigenvalue weighted by atomic mass is 10.1. The van der Waals surface area contributed by atoms with Gasteiger partial charge in [0.05, 0.1) is 25.0 Å². The van der Waals surface area contributed by atoms with Crippen molar-refractivity contribution in [1.29, 1.82) is 0 Å². The Balaban J connectivity index is 1.57. The second kappa shape index (κ2) is 7.54.